The summed E-state index contributed by atoms with van der Waals surface area (Å²) < 4.78 is 32.5. The number of anilines is 1. The van der Waals surface area contributed by atoms with E-state index in [1.807, 2.05) is 0 Å². The van der Waals surface area contributed by atoms with Gasteiger partial charge in [0.05, 0.1) is 10.6 Å². The van der Waals surface area contributed by atoms with Gasteiger partial charge in [0.15, 0.2) is 12.3 Å². The van der Waals surface area contributed by atoms with Crippen LogP contribution in [0, 0.1) is 13.8 Å². The van der Waals surface area contributed by atoms with Crippen LogP contribution >= 0.6 is 0 Å². The number of hydrogen-bond acceptors (Lipinski definition) is 7. The van der Waals surface area contributed by atoms with Crippen molar-refractivity contribution in [3.8, 4) is 0 Å². The molecular formula is C19H21N5O5S. The van der Waals surface area contributed by atoms with Crippen LogP contribution < -0.4 is 5.32 Å². The summed E-state index contributed by atoms with van der Waals surface area (Å²) in [4.78, 5) is 28.8. The Bertz CT molecular complexity index is 1230. The molecule has 0 saturated carbocycles. The number of carbonyl (C=O) groups is 2. The molecule has 2 heterocycles. The van der Waals surface area contributed by atoms with Crippen LogP contribution in [0.5, 0.6) is 0 Å². The zero-order valence-electron chi connectivity index (χ0n) is 16.9. The minimum atomic E-state index is -3.67. The maximum Gasteiger partial charge on any atom is 0.344 e. The van der Waals surface area contributed by atoms with E-state index in [0.29, 0.717) is 16.9 Å². The molecule has 0 atom stereocenters. The van der Waals surface area contributed by atoms with Gasteiger partial charge in [0, 0.05) is 32.2 Å². The van der Waals surface area contributed by atoms with Crippen molar-refractivity contribution in [2.75, 3.05) is 26.0 Å². The number of aryl methyl sites for hydroxylation is 2. The van der Waals surface area contributed by atoms with E-state index >= 15 is 0 Å². The molecule has 0 bridgehead atoms. The fraction of sp³-hybridized carbons (Fsp3) is 0.263. The van der Waals surface area contributed by atoms with Crippen molar-refractivity contribution in [3.05, 3.63) is 53.5 Å². The topological polar surface area (TPSA) is 123 Å². The van der Waals surface area contributed by atoms with E-state index in [2.05, 4.69) is 15.4 Å². The second kappa shape index (κ2) is 8.20. The van der Waals surface area contributed by atoms with Crippen molar-refractivity contribution < 1.29 is 22.7 Å². The van der Waals surface area contributed by atoms with E-state index in [1.54, 1.807) is 38.2 Å². The van der Waals surface area contributed by atoms with Crippen LogP contribution in [0.25, 0.3) is 5.65 Å². The minimum Gasteiger partial charge on any atom is -0.452 e. The lowest BCUT2D eigenvalue weighted by molar-refractivity contribution is -0.119. The number of hydrogen-bond donors (Lipinski definition) is 1. The molecule has 1 aromatic carbocycles. The zero-order chi connectivity index (χ0) is 22.1. The van der Waals surface area contributed by atoms with Crippen molar-refractivity contribution in [2.45, 2.75) is 18.7 Å². The normalized spacial score (nSPS) is 11.6. The Kier molecular flexibility index (Phi) is 5.85. The Labute approximate surface area is 173 Å². The predicted molar refractivity (Wildman–Crippen MR) is 109 cm³/mol. The second-order valence-electron chi connectivity index (χ2n) is 6.74. The van der Waals surface area contributed by atoms with E-state index < -0.39 is 28.5 Å². The van der Waals surface area contributed by atoms with Crippen molar-refractivity contribution in [2.24, 2.45) is 0 Å². The standard InChI is InChI=1S/C19H21N5O5S/c1-12-6-7-14(10-15(12)30(27,28)23(3)4)21-16(25)11-29-19(26)17-13(2)22-24-9-5-8-20-18(17)24/h5-10H,11H2,1-4H3,(H,21,25). The van der Waals surface area contributed by atoms with Gasteiger partial charge < -0.3 is 10.1 Å². The largest absolute Gasteiger partial charge is 0.452 e. The maximum absolute atomic E-state index is 12.4. The number of nitrogens with one attached hydrogen (secondary N) is 1. The summed E-state index contributed by atoms with van der Waals surface area (Å²) in [6, 6.07) is 6.20. The van der Waals surface area contributed by atoms with Crippen LogP contribution in [0.15, 0.2) is 41.6 Å². The summed E-state index contributed by atoms with van der Waals surface area (Å²) in [7, 11) is -0.812. The van der Waals surface area contributed by atoms with Gasteiger partial charge in [0.1, 0.15) is 5.56 Å². The van der Waals surface area contributed by atoms with Gasteiger partial charge in [0.25, 0.3) is 5.91 Å². The lowest BCUT2D eigenvalue weighted by Crippen LogP contribution is -2.24. The molecule has 0 radical (unpaired) electrons. The van der Waals surface area contributed by atoms with Crippen LogP contribution in [0.4, 0.5) is 5.69 Å². The van der Waals surface area contributed by atoms with Gasteiger partial charge in [-0.2, -0.15) is 5.10 Å². The molecule has 3 aromatic rings. The Morgan fingerprint density at radius 2 is 1.97 bits per heavy atom. The summed E-state index contributed by atoms with van der Waals surface area (Å²) in [5.41, 5.74) is 1.76. The van der Waals surface area contributed by atoms with Gasteiger partial charge in [-0.05, 0) is 37.6 Å². The summed E-state index contributed by atoms with van der Waals surface area (Å²) in [6.45, 7) is 2.76. The number of esters is 1. The Hall–Kier alpha value is -3.31. The van der Waals surface area contributed by atoms with E-state index in [4.69, 9.17) is 4.74 Å². The maximum atomic E-state index is 12.4. The van der Waals surface area contributed by atoms with Crippen LogP contribution in [-0.4, -0.2) is 59.9 Å². The van der Waals surface area contributed by atoms with Crippen LogP contribution in [0.1, 0.15) is 21.6 Å². The molecule has 11 heteroatoms. The average molecular weight is 431 g/mol. The molecule has 0 spiro atoms. The highest BCUT2D eigenvalue weighted by atomic mass is 32.2. The first-order chi connectivity index (χ1) is 14.1. The highest BCUT2D eigenvalue weighted by Gasteiger charge is 2.22. The predicted octanol–water partition coefficient (Wildman–Crippen LogP) is 1.39. The smallest absolute Gasteiger partial charge is 0.344 e. The highest BCUT2D eigenvalue weighted by Crippen LogP contribution is 2.22. The van der Waals surface area contributed by atoms with Crippen molar-refractivity contribution >= 4 is 33.2 Å². The van der Waals surface area contributed by atoms with Gasteiger partial charge >= 0.3 is 5.97 Å². The van der Waals surface area contributed by atoms with Crippen molar-refractivity contribution in [1.82, 2.24) is 18.9 Å². The average Bonchev–Trinajstić information content (AvgIpc) is 3.03. The second-order valence-corrected chi connectivity index (χ2v) is 8.86. The quantitative estimate of drug-likeness (QED) is 0.585. The fourth-order valence-corrected chi connectivity index (χ4v) is 3.93. The molecule has 0 fully saturated rings. The first kappa shape index (κ1) is 21.4. The van der Waals surface area contributed by atoms with Gasteiger partial charge in [-0.15, -0.1) is 0 Å². The van der Waals surface area contributed by atoms with Crippen molar-refractivity contribution in [3.63, 3.8) is 0 Å². The molecule has 30 heavy (non-hydrogen) atoms. The number of aromatic nitrogens is 3. The Morgan fingerprint density at radius 3 is 2.67 bits per heavy atom. The third-order valence-electron chi connectivity index (χ3n) is 4.34. The molecule has 1 amide bonds. The van der Waals surface area contributed by atoms with E-state index in [0.717, 1.165) is 4.31 Å². The number of sulfonamides is 1. The first-order valence-corrected chi connectivity index (χ1v) is 10.4. The van der Waals surface area contributed by atoms with E-state index in [-0.39, 0.29) is 16.1 Å². The van der Waals surface area contributed by atoms with Gasteiger partial charge in [-0.25, -0.2) is 27.0 Å². The van der Waals surface area contributed by atoms with Gasteiger partial charge in [0.2, 0.25) is 10.0 Å². The van der Waals surface area contributed by atoms with Gasteiger partial charge in [-0.3, -0.25) is 4.79 Å². The molecular weight excluding hydrogens is 410 g/mol. The number of benzene rings is 1. The monoisotopic (exact) mass is 431 g/mol. The van der Waals surface area contributed by atoms with Crippen molar-refractivity contribution in [1.29, 1.82) is 0 Å². The third-order valence-corrected chi connectivity index (χ3v) is 6.30. The number of fused-ring (bicyclic) bond motifs is 1. The first-order valence-electron chi connectivity index (χ1n) is 8.91. The summed E-state index contributed by atoms with van der Waals surface area (Å²) >= 11 is 0. The highest BCUT2D eigenvalue weighted by molar-refractivity contribution is 7.89. The molecule has 2 aromatic heterocycles. The lowest BCUT2D eigenvalue weighted by atomic mass is 10.2. The van der Waals surface area contributed by atoms with E-state index in [9.17, 15) is 18.0 Å². The molecule has 0 aliphatic heterocycles. The summed E-state index contributed by atoms with van der Waals surface area (Å²) in [6.07, 6.45) is 3.17. The van der Waals surface area contributed by atoms with Crippen LogP contribution in [0.3, 0.4) is 0 Å². The summed E-state index contributed by atoms with van der Waals surface area (Å²) in [5, 5.41) is 6.71. The fourth-order valence-electron chi connectivity index (χ4n) is 2.79. The molecule has 1 N–H and O–H groups in total. The molecule has 3 rings (SSSR count). The van der Waals surface area contributed by atoms with Crippen LogP contribution in [-0.2, 0) is 19.6 Å². The minimum absolute atomic E-state index is 0.0790. The molecule has 0 saturated heterocycles. The molecule has 0 unspecified atom stereocenters. The number of carbonyl (C=O) groups excluding carboxylic acids is 2. The SMILES string of the molecule is Cc1ccc(NC(=O)COC(=O)c2c(C)nn3cccnc23)cc1S(=O)(=O)N(C)C. The molecule has 0 aliphatic carbocycles. The summed E-state index contributed by atoms with van der Waals surface area (Å²) in [5.74, 6) is -1.33. The number of rotatable bonds is 6. The molecule has 0 aliphatic rings. The Morgan fingerprint density at radius 1 is 1.23 bits per heavy atom. The number of ether oxygens (including phenoxy) is 1. The zero-order valence-corrected chi connectivity index (χ0v) is 17.7. The third kappa shape index (κ3) is 4.16. The number of nitrogens with zero attached hydrogens (tertiary/aromatic N) is 4. The molecule has 10 nitrogen and oxygen atoms in total. The Balaban J connectivity index is 1.71. The van der Waals surface area contributed by atoms with Crippen LogP contribution in [0.2, 0.25) is 0 Å². The molecule has 158 valence electrons. The lowest BCUT2D eigenvalue weighted by Gasteiger charge is -2.15. The number of amides is 1. The van der Waals surface area contributed by atoms with Gasteiger partial charge in [-0.1, -0.05) is 6.07 Å². The van der Waals surface area contributed by atoms with E-state index in [1.165, 1.54) is 30.9 Å².